The smallest absolute Gasteiger partial charge is 0.352 e. The predicted octanol–water partition coefficient (Wildman–Crippen LogP) is 3.04. The first kappa shape index (κ1) is 20.6. The van der Waals surface area contributed by atoms with Crippen LogP contribution in [0.2, 0.25) is 5.02 Å². The Labute approximate surface area is 143 Å². The van der Waals surface area contributed by atoms with Crippen molar-refractivity contribution in [1.82, 2.24) is 5.32 Å². The van der Waals surface area contributed by atoms with E-state index in [1.807, 2.05) is 6.92 Å². The SMILES string of the molecule is CC[C@@H](C)NC(=O)CN(c1cc(C(F)(F)F)ccc1Cl)S(C)(=O)=O. The van der Waals surface area contributed by atoms with Gasteiger partial charge >= 0.3 is 6.18 Å². The molecule has 0 fully saturated rings. The lowest BCUT2D eigenvalue weighted by Crippen LogP contribution is -2.43. The fraction of sp³-hybridized carbons (Fsp3) is 0.500. The molecule has 1 N–H and O–H groups in total. The number of hydrogen-bond acceptors (Lipinski definition) is 3. The van der Waals surface area contributed by atoms with Gasteiger partial charge in [0.05, 0.1) is 22.5 Å². The van der Waals surface area contributed by atoms with Crippen LogP contribution in [0, 0.1) is 0 Å². The Hall–Kier alpha value is -1.48. The first-order valence-electron chi connectivity index (χ1n) is 7.00. The van der Waals surface area contributed by atoms with Gasteiger partial charge in [-0.1, -0.05) is 18.5 Å². The van der Waals surface area contributed by atoms with Crippen LogP contribution >= 0.6 is 11.6 Å². The number of rotatable bonds is 6. The molecule has 10 heteroatoms. The van der Waals surface area contributed by atoms with E-state index in [-0.39, 0.29) is 11.1 Å². The molecule has 0 saturated heterocycles. The zero-order valence-electron chi connectivity index (χ0n) is 13.3. The second-order valence-electron chi connectivity index (χ2n) is 5.31. The van der Waals surface area contributed by atoms with Crippen LogP contribution in [0.15, 0.2) is 18.2 Å². The third kappa shape index (κ3) is 5.55. The standard InChI is InChI=1S/C14H18ClF3N2O3S/c1-4-9(2)19-13(21)8-20(24(3,22)23)12-7-10(14(16,17)18)5-6-11(12)15/h5-7,9H,4,8H2,1-3H3,(H,19,21)/t9-/m1/s1. The van der Waals surface area contributed by atoms with Crippen LogP contribution < -0.4 is 9.62 Å². The number of carbonyl (C=O) groups is 1. The number of anilines is 1. The molecule has 1 aromatic rings. The average Bonchev–Trinajstić information content (AvgIpc) is 2.43. The van der Waals surface area contributed by atoms with Crippen molar-refractivity contribution in [2.24, 2.45) is 0 Å². The summed E-state index contributed by atoms with van der Waals surface area (Å²) in [6, 6.07) is 2.10. The molecule has 1 aromatic carbocycles. The van der Waals surface area contributed by atoms with E-state index in [1.54, 1.807) is 6.92 Å². The van der Waals surface area contributed by atoms with Gasteiger partial charge in [0, 0.05) is 6.04 Å². The van der Waals surface area contributed by atoms with E-state index in [1.165, 1.54) is 0 Å². The summed E-state index contributed by atoms with van der Waals surface area (Å²) in [7, 11) is -4.02. The van der Waals surface area contributed by atoms with Crippen LogP contribution in [-0.2, 0) is 21.0 Å². The van der Waals surface area contributed by atoms with Gasteiger partial charge in [-0.3, -0.25) is 9.10 Å². The molecule has 1 rings (SSSR count). The number of amides is 1. The number of halogens is 4. The summed E-state index contributed by atoms with van der Waals surface area (Å²) in [5, 5.41) is 2.35. The Morgan fingerprint density at radius 1 is 1.38 bits per heavy atom. The number of benzene rings is 1. The summed E-state index contributed by atoms with van der Waals surface area (Å²) in [5.74, 6) is -0.636. The third-order valence-electron chi connectivity index (χ3n) is 3.25. The maximum Gasteiger partial charge on any atom is 0.416 e. The fourth-order valence-corrected chi connectivity index (χ4v) is 2.94. The third-order valence-corrected chi connectivity index (χ3v) is 4.70. The molecule has 0 bridgehead atoms. The Morgan fingerprint density at radius 3 is 2.42 bits per heavy atom. The van der Waals surface area contributed by atoms with Crippen LogP contribution in [0.4, 0.5) is 18.9 Å². The van der Waals surface area contributed by atoms with Crippen LogP contribution in [0.1, 0.15) is 25.8 Å². The van der Waals surface area contributed by atoms with Gasteiger partial charge in [0.2, 0.25) is 15.9 Å². The molecule has 0 unspecified atom stereocenters. The molecule has 0 spiro atoms. The average molecular weight is 387 g/mol. The molecule has 0 heterocycles. The topological polar surface area (TPSA) is 66.5 Å². The van der Waals surface area contributed by atoms with E-state index in [4.69, 9.17) is 11.6 Å². The van der Waals surface area contributed by atoms with E-state index < -0.39 is 39.9 Å². The number of alkyl halides is 3. The van der Waals surface area contributed by atoms with Crippen molar-refractivity contribution >= 4 is 33.2 Å². The van der Waals surface area contributed by atoms with Crippen LogP contribution in [0.5, 0.6) is 0 Å². The van der Waals surface area contributed by atoms with Crippen molar-refractivity contribution < 1.29 is 26.4 Å². The lowest BCUT2D eigenvalue weighted by atomic mass is 10.2. The molecule has 24 heavy (non-hydrogen) atoms. The van der Waals surface area contributed by atoms with Crippen molar-refractivity contribution in [3.8, 4) is 0 Å². The molecule has 0 aromatic heterocycles. The molecule has 0 aliphatic carbocycles. The number of hydrogen-bond donors (Lipinski definition) is 1. The monoisotopic (exact) mass is 386 g/mol. The highest BCUT2D eigenvalue weighted by molar-refractivity contribution is 7.92. The fourth-order valence-electron chi connectivity index (χ4n) is 1.81. The summed E-state index contributed by atoms with van der Waals surface area (Å²) in [4.78, 5) is 12.0. The first-order chi connectivity index (χ1) is 10.9. The minimum absolute atomic E-state index is 0.198. The van der Waals surface area contributed by atoms with Crippen molar-refractivity contribution in [1.29, 1.82) is 0 Å². The Balaban J connectivity index is 3.26. The lowest BCUT2D eigenvalue weighted by molar-refractivity contribution is -0.137. The van der Waals surface area contributed by atoms with E-state index in [0.717, 1.165) is 18.4 Å². The van der Waals surface area contributed by atoms with Crippen LogP contribution in [-0.4, -0.2) is 33.2 Å². The van der Waals surface area contributed by atoms with Gasteiger partial charge < -0.3 is 5.32 Å². The molecule has 5 nitrogen and oxygen atoms in total. The summed E-state index contributed by atoms with van der Waals surface area (Å²) in [5.41, 5.74) is -1.45. The largest absolute Gasteiger partial charge is 0.416 e. The molecular weight excluding hydrogens is 369 g/mol. The molecule has 0 radical (unpaired) electrons. The van der Waals surface area contributed by atoms with Gasteiger partial charge in [0.1, 0.15) is 6.54 Å². The summed E-state index contributed by atoms with van der Waals surface area (Å²) >= 11 is 5.86. The minimum atomic E-state index is -4.67. The summed E-state index contributed by atoms with van der Waals surface area (Å²) in [6.45, 7) is 2.88. The highest BCUT2D eigenvalue weighted by atomic mass is 35.5. The molecular formula is C14H18ClF3N2O3S. The van der Waals surface area contributed by atoms with Gasteiger partial charge in [0.25, 0.3) is 0 Å². The second-order valence-corrected chi connectivity index (χ2v) is 7.62. The molecule has 136 valence electrons. The second kappa shape index (κ2) is 7.60. The summed E-state index contributed by atoms with van der Waals surface area (Å²) < 4.78 is 63.0. The normalized spacial score (nSPS) is 13.5. The van der Waals surface area contributed by atoms with E-state index >= 15 is 0 Å². The lowest BCUT2D eigenvalue weighted by Gasteiger charge is -2.24. The minimum Gasteiger partial charge on any atom is -0.352 e. The highest BCUT2D eigenvalue weighted by Gasteiger charge is 2.33. The Kier molecular flexibility index (Phi) is 6.52. The maximum atomic E-state index is 12.8. The maximum absolute atomic E-state index is 12.8. The summed E-state index contributed by atoms with van der Waals surface area (Å²) in [6.07, 6.45) is -3.25. The van der Waals surface area contributed by atoms with E-state index in [0.29, 0.717) is 16.8 Å². The van der Waals surface area contributed by atoms with Crippen LogP contribution in [0.3, 0.4) is 0 Å². The number of carbonyl (C=O) groups excluding carboxylic acids is 1. The molecule has 1 atom stereocenters. The molecule has 0 aliphatic rings. The predicted molar refractivity (Wildman–Crippen MR) is 86.5 cm³/mol. The number of nitrogens with zero attached hydrogens (tertiary/aromatic N) is 1. The Bertz CT molecular complexity index is 708. The van der Waals surface area contributed by atoms with Gasteiger partial charge in [0.15, 0.2) is 0 Å². The highest BCUT2D eigenvalue weighted by Crippen LogP contribution is 2.36. The zero-order valence-corrected chi connectivity index (χ0v) is 14.9. The van der Waals surface area contributed by atoms with Gasteiger partial charge in [-0.05, 0) is 31.5 Å². The zero-order chi connectivity index (χ0) is 18.7. The van der Waals surface area contributed by atoms with Crippen LogP contribution in [0.25, 0.3) is 0 Å². The van der Waals surface area contributed by atoms with Crippen molar-refractivity contribution in [2.45, 2.75) is 32.5 Å². The van der Waals surface area contributed by atoms with Crippen molar-refractivity contribution in [3.63, 3.8) is 0 Å². The van der Waals surface area contributed by atoms with Gasteiger partial charge in [-0.15, -0.1) is 0 Å². The molecule has 1 amide bonds. The first-order valence-corrected chi connectivity index (χ1v) is 9.22. The van der Waals surface area contributed by atoms with Gasteiger partial charge in [-0.2, -0.15) is 13.2 Å². The van der Waals surface area contributed by atoms with E-state index in [2.05, 4.69) is 5.32 Å². The Morgan fingerprint density at radius 2 is 1.96 bits per heavy atom. The van der Waals surface area contributed by atoms with Crippen molar-refractivity contribution in [2.75, 3.05) is 17.1 Å². The quantitative estimate of drug-likeness (QED) is 0.817. The van der Waals surface area contributed by atoms with Gasteiger partial charge in [-0.25, -0.2) is 8.42 Å². The number of nitrogens with one attached hydrogen (secondary N) is 1. The van der Waals surface area contributed by atoms with Crippen molar-refractivity contribution in [3.05, 3.63) is 28.8 Å². The van der Waals surface area contributed by atoms with E-state index in [9.17, 15) is 26.4 Å². The number of sulfonamides is 1. The molecule has 0 aliphatic heterocycles. The molecule has 0 saturated carbocycles.